The van der Waals surface area contributed by atoms with E-state index >= 15 is 0 Å². The number of aromatic nitrogens is 1. The van der Waals surface area contributed by atoms with Crippen molar-refractivity contribution < 1.29 is 8.42 Å². The monoisotopic (exact) mass is 499 g/mol. The lowest BCUT2D eigenvalue weighted by atomic mass is 10.2. The van der Waals surface area contributed by atoms with Crippen molar-refractivity contribution >= 4 is 50.2 Å². The van der Waals surface area contributed by atoms with Crippen LogP contribution in [0, 0.1) is 6.92 Å². The van der Waals surface area contributed by atoms with Crippen molar-refractivity contribution in [1.82, 2.24) is 14.3 Å². The van der Waals surface area contributed by atoms with Gasteiger partial charge in [0.2, 0.25) is 10.0 Å². The predicted molar refractivity (Wildman–Crippen MR) is 145 cm³/mol. The molecule has 0 aliphatic carbocycles. The molecule has 0 saturated carbocycles. The van der Waals surface area contributed by atoms with Gasteiger partial charge in [0.1, 0.15) is 0 Å². The maximum Gasteiger partial charge on any atom is 0.243 e. The van der Waals surface area contributed by atoms with Gasteiger partial charge < -0.3 is 9.88 Å². The van der Waals surface area contributed by atoms with E-state index in [1.54, 1.807) is 22.7 Å². The van der Waals surface area contributed by atoms with Crippen LogP contribution in [-0.4, -0.2) is 41.7 Å². The first-order chi connectivity index (χ1) is 16.3. The van der Waals surface area contributed by atoms with Crippen molar-refractivity contribution in [2.24, 2.45) is 5.10 Å². The van der Waals surface area contributed by atoms with Crippen LogP contribution in [0.1, 0.15) is 44.7 Å². The van der Waals surface area contributed by atoms with E-state index in [9.17, 15) is 8.42 Å². The first kappa shape index (κ1) is 25.9. The Morgan fingerprint density at radius 1 is 1.12 bits per heavy atom. The summed E-state index contributed by atoms with van der Waals surface area (Å²) < 4.78 is 30.2. The van der Waals surface area contributed by atoms with E-state index in [-0.39, 0.29) is 0 Å². The van der Waals surface area contributed by atoms with Gasteiger partial charge in [-0.15, -0.1) is 0 Å². The molecule has 9 heteroatoms. The molecule has 3 rings (SSSR count). The third-order valence-electron chi connectivity index (χ3n) is 5.45. The average molecular weight is 500 g/mol. The number of sulfonamides is 1. The van der Waals surface area contributed by atoms with Crippen LogP contribution in [-0.2, 0) is 16.6 Å². The Morgan fingerprint density at radius 3 is 2.50 bits per heavy atom. The third kappa shape index (κ3) is 6.02. The SMILES string of the molecule is CCCN(CCC)S(=O)(=O)c1ccc2c(c1)c(/C=N\NC(=S)Nc1cccc(C)c1)cn2CC. The van der Waals surface area contributed by atoms with Gasteiger partial charge in [-0.1, -0.05) is 26.0 Å². The summed E-state index contributed by atoms with van der Waals surface area (Å²) >= 11 is 5.34. The second-order valence-corrected chi connectivity index (χ2v) is 10.5. The summed E-state index contributed by atoms with van der Waals surface area (Å²) in [7, 11) is -3.57. The van der Waals surface area contributed by atoms with E-state index in [1.807, 2.05) is 64.2 Å². The zero-order valence-corrected chi connectivity index (χ0v) is 21.8. The van der Waals surface area contributed by atoms with E-state index < -0.39 is 10.0 Å². The molecule has 3 aromatic rings. The molecule has 0 unspecified atom stereocenters. The van der Waals surface area contributed by atoms with Gasteiger partial charge in [-0.05, 0) is 74.8 Å². The number of nitrogens with zero attached hydrogens (tertiary/aromatic N) is 3. The minimum absolute atomic E-state index is 0.301. The lowest BCUT2D eigenvalue weighted by Gasteiger charge is -2.21. The highest BCUT2D eigenvalue weighted by Gasteiger charge is 2.24. The predicted octanol–water partition coefficient (Wildman–Crippen LogP) is 5.10. The van der Waals surface area contributed by atoms with E-state index in [0.29, 0.717) is 23.1 Å². The summed E-state index contributed by atoms with van der Waals surface area (Å²) in [6.07, 6.45) is 5.19. The fourth-order valence-corrected chi connectivity index (χ4v) is 5.69. The van der Waals surface area contributed by atoms with Crippen LogP contribution in [0.25, 0.3) is 10.9 Å². The van der Waals surface area contributed by atoms with Gasteiger partial charge in [0.15, 0.2) is 5.11 Å². The van der Waals surface area contributed by atoms with Crippen molar-refractivity contribution in [2.75, 3.05) is 18.4 Å². The fraction of sp³-hybridized carbons (Fsp3) is 0.360. The molecular weight excluding hydrogens is 466 g/mol. The summed E-state index contributed by atoms with van der Waals surface area (Å²) in [5, 5.41) is 8.60. The molecule has 0 bridgehead atoms. The molecule has 34 heavy (non-hydrogen) atoms. The molecule has 182 valence electrons. The molecule has 2 N–H and O–H groups in total. The van der Waals surface area contributed by atoms with Gasteiger partial charge in [0, 0.05) is 48.0 Å². The molecule has 0 spiro atoms. The lowest BCUT2D eigenvalue weighted by molar-refractivity contribution is 0.410. The Labute approximate surface area is 207 Å². The van der Waals surface area contributed by atoms with Crippen molar-refractivity contribution in [3.63, 3.8) is 0 Å². The second kappa shape index (κ2) is 11.6. The molecule has 7 nitrogen and oxygen atoms in total. The second-order valence-electron chi connectivity index (χ2n) is 8.15. The maximum absolute atomic E-state index is 13.3. The molecule has 0 radical (unpaired) electrons. The quantitative estimate of drug-likeness (QED) is 0.230. The number of anilines is 1. The molecule has 0 aliphatic heterocycles. The summed E-state index contributed by atoms with van der Waals surface area (Å²) in [4.78, 5) is 0.301. The molecule has 0 atom stereocenters. The highest BCUT2D eigenvalue weighted by atomic mass is 32.2. The molecule has 1 aromatic heterocycles. The summed E-state index contributed by atoms with van der Waals surface area (Å²) in [6, 6.07) is 13.2. The number of hydrogen-bond donors (Lipinski definition) is 2. The van der Waals surface area contributed by atoms with Crippen LogP contribution in [0.15, 0.2) is 58.7 Å². The van der Waals surface area contributed by atoms with Crippen molar-refractivity contribution in [2.45, 2.75) is 52.0 Å². The number of nitrogens with one attached hydrogen (secondary N) is 2. The Balaban J connectivity index is 1.86. The van der Waals surface area contributed by atoms with Gasteiger partial charge in [0.05, 0.1) is 11.1 Å². The summed E-state index contributed by atoms with van der Waals surface area (Å²) in [5.41, 5.74) is 6.63. The zero-order valence-electron chi connectivity index (χ0n) is 20.2. The highest BCUT2D eigenvalue weighted by Crippen LogP contribution is 2.26. The highest BCUT2D eigenvalue weighted by molar-refractivity contribution is 7.89. The third-order valence-corrected chi connectivity index (χ3v) is 7.54. The van der Waals surface area contributed by atoms with Gasteiger partial charge in [-0.2, -0.15) is 9.41 Å². The number of rotatable bonds is 10. The lowest BCUT2D eigenvalue weighted by Crippen LogP contribution is -2.32. The molecule has 2 aromatic carbocycles. The largest absolute Gasteiger partial charge is 0.347 e. The molecule has 0 amide bonds. The van der Waals surface area contributed by atoms with E-state index in [2.05, 4.69) is 20.4 Å². The number of fused-ring (bicyclic) bond motifs is 1. The Bertz CT molecular complexity index is 1280. The van der Waals surface area contributed by atoms with Crippen LogP contribution < -0.4 is 10.7 Å². The minimum Gasteiger partial charge on any atom is -0.347 e. The first-order valence-electron chi connectivity index (χ1n) is 11.6. The smallest absolute Gasteiger partial charge is 0.243 e. The first-order valence-corrected chi connectivity index (χ1v) is 13.4. The number of aryl methyl sites for hydroxylation is 2. The van der Waals surface area contributed by atoms with E-state index in [0.717, 1.165) is 47.1 Å². The standard InChI is InChI=1S/C25H33N5O2S2/c1-5-13-30(14-6-2)34(31,32)22-11-12-24-23(16-22)20(18-29(24)7-3)17-26-28-25(33)27-21-10-8-9-19(4)15-21/h8-12,15-18H,5-7,13-14H2,1-4H3,(H2,27,28,33)/b26-17-. The van der Waals surface area contributed by atoms with E-state index in [4.69, 9.17) is 12.2 Å². The van der Waals surface area contributed by atoms with Crippen LogP contribution in [0.3, 0.4) is 0 Å². The Morgan fingerprint density at radius 2 is 1.85 bits per heavy atom. The molecule has 0 fully saturated rings. The average Bonchev–Trinajstić information content (AvgIpc) is 3.16. The number of hydrogen-bond acceptors (Lipinski definition) is 4. The van der Waals surface area contributed by atoms with Crippen LogP contribution in [0.4, 0.5) is 5.69 Å². The minimum atomic E-state index is -3.57. The molecular formula is C25H33N5O2S2. The molecule has 0 aliphatic rings. The van der Waals surface area contributed by atoms with Crippen molar-refractivity contribution in [1.29, 1.82) is 0 Å². The maximum atomic E-state index is 13.3. The summed E-state index contributed by atoms with van der Waals surface area (Å²) in [5.74, 6) is 0. The Hall–Kier alpha value is -2.75. The van der Waals surface area contributed by atoms with Crippen LogP contribution >= 0.6 is 12.2 Å². The normalized spacial score (nSPS) is 12.0. The number of thiocarbonyl (C=S) groups is 1. The topological polar surface area (TPSA) is 78.7 Å². The van der Waals surface area contributed by atoms with Gasteiger partial charge >= 0.3 is 0 Å². The van der Waals surface area contributed by atoms with E-state index in [1.165, 1.54) is 0 Å². The van der Waals surface area contributed by atoms with Crippen molar-refractivity contribution in [3.8, 4) is 0 Å². The van der Waals surface area contributed by atoms with Gasteiger partial charge in [-0.25, -0.2) is 8.42 Å². The van der Waals surface area contributed by atoms with Gasteiger partial charge in [-0.3, -0.25) is 5.43 Å². The fourth-order valence-electron chi connectivity index (χ4n) is 3.87. The van der Waals surface area contributed by atoms with Crippen LogP contribution in [0.5, 0.6) is 0 Å². The van der Waals surface area contributed by atoms with Crippen LogP contribution in [0.2, 0.25) is 0 Å². The number of benzene rings is 2. The van der Waals surface area contributed by atoms with Gasteiger partial charge in [0.25, 0.3) is 0 Å². The van der Waals surface area contributed by atoms with Crippen molar-refractivity contribution in [3.05, 3.63) is 59.8 Å². The number of hydrazone groups is 1. The zero-order chi connectivity index (χ0) is 24.7. The summed E-state index contributed by atoms with van der Waals surface area (Å²) in [6.45, 7) is 9.82. The molecule has 0 saturated heterocycles. The Kier molecular flexibility index (Phi) is 8.82. The molecule has 1 heterocycles.